The summed E-state index contributed by atoms with van der Waals surface area (Å²) in [7, 11) is 4.54. The highest BCUT2D eigenvalue weighted by atomic mass is 16.5. The SMILES string of the molecule is COc1cc(C(=O)NCC(C)(C)CN)cc(OC)c1OC. The van der Waals surface area contributed by atoms with Gasteiger partial charge in [0.2, 0.25) is 5.75 Å². The number of carbonyl (C=O) groups is 1. The minimum Gasteiger partial charge on any atom is -0.493 e. The van der Waals surface area contributed by atoms with E-state index in [4.69, 9.17) is 19.9 Å². The highest BCUT2D eigenvalue weighted by molar-refractivity contribution is 5.95. The Morgan fingerprint density at radius 2 is 1.67 bits per heavy atom. The number of hydrogen-bond donors (Lipinski definition) is 2. The summed E-state index contributed by atoms with van der Waals surface area (Å²) in [6.45, 7) is 4.95. The van der Waals surface area contributed by atoms with E-state index in [1.165, 1.54) is 21.3 Å². The quantitative estimate of drug-likeness (QED) is 0.795. The second-order valence-electron chi connectivity index (χ2n) is 5.47. The van der Waals surface area contributed by atoms with Gasteiger partial charge >= 0.3 is 0 Å². The predicted molar refractivity (Wildman–Crippen MR) is 81.3 cm³/mol. The monoisotopic (exact) mass is 296 g/mol. The molecular weight excluding hydrogens is 272 g/mol. The van der Waals surface area contributed by atoms with E-state index in [0.29, 0.717) is 35.9 Å². The number of nitrogens with two attached hydrogens (primary N) is 1. The van der Waals surface area contributed by atoms with Gasteiger partial charge in [-0.15, -0.1) is 0 Å². The molecule has 0 atom stereocenters. The van der Waals surface area contributed by atoms with E-state index < -0.39 is 0 Å². The average Bonchev–Trinajstić information content (AvgIpc) is 2.50. The molecule has 0 aliphatic rings. The topological polar surface area (TPSA) is 82.8 Å². The Morgan fingerprint density at radius 1 is 1.14 bits per heavy atom. The Morgan fingerprint density at radius 3 is 2.05 bits per heavy atom. The summed E-state index contributed by atoms with van der Waals surface area (Å²) >= 11 is 0. The van der Waals surface area contributed by atoms with Gasteiger partial charge in [-0.1, -0.05) is 13.8 Å². The molecule has 1 rings (SSSR count). The number of carbonyl (C=O) groups excluding carboxylic acids is 1. The summed E-state index contributed by atoms with van der Waals surface area (Å²) in [6.07, 6.45) is 0. The average molecular weight is 296 g/mol. The van der Waals surface area contributed by atoms with Crippen molar-refractivity contribution >= 4 is 5.91 Å². The molecule has 0 aromatic heterocycles. The van der Waals surface area contributed by atoms with Gasteiger partial charge in [0.05, 0.1) is 21.3 Å². The summed E-state index contributed by atoms with van der Waals surface area (Å²) in [5, 5.41) is 2.86. The maximum absolute atomic E-state index is 12.2. The zero-order valence-corrected chi connectivity index (χ0v) is 13.3. The molecule has 0 radical (unpaired) electrons. The van der Waals surface area contributed by atoms with Gasteiger partial charge in [0.15, 0.2) is 11.5 Å². The van der Waals surface area contributed by atoms with Gasteiger partial charge in [-0.3, -0.25) is 4.79 Å². The first-order valence-electron chi connectivity index (χ1n) is 6.66. The molecule has 0 spiro atoms. The van der Waals surface area contributed by atoms with E-state index in [-0.39, 0.29) is 11.3 Å². The van der Waals surface area contributed by atoms with Crippen molar-refractivity contribution in [2.75, 3.05) is 34.4 Å². The van der Waals surface area contributed by atoms with E-state index in [0.717, 1.165) is 0 Å². The van der Waals surface area contributed by atoms with Crippen molar-refractivity contribution in [1.82, 2.24) is 5.32 Å². The lowest BCUT2D eigenvalue weighted by molar-refractivity contribution is 0.0937. The molecule has 0 heterocycles. The molecule has 21 heavy (non-hydrogen) atoms. The highest BCUT2D eigenvalue weighted by Crippen LogP contribution is 2.38. The minimum absolute atomic E-state index is 0.156. The van der Waals surface area contributed by atoms with Crippen LogP contribution in [-0.2, 0) is 0 Å². The summed E-state index contributed by atoms with van der Waals surface area (Å²) in [5.41, 5.74) is 5.94. The third-order valence-corrected chi connectivity index (χ3v) is 3.21. The first-order chi connectivity index (χ1) is 9.88. The number of amides is 1. The van der Waals surface area contributed by atoms with Crippen molar-refractivity contribution in [3.8, 4) is 17.2 Å². The fourth-order valence-electron chi connectivity index (χ4n) is 1.71. The zero-order valence-electron chi connectivity index (χ0n) is 13.3. The lowest BCUT2D eigenvalue weighted by Gasteiger charge is -2.22. The van der Waals surface area contributed by atoms with Crippen molar-refractivity contribution in [2.24, 2.45) is 11.1 Å². The van der Waals surface area contributed by atoms with Crippen molar-refractivity contribution in [3.05, 3.63) is 17.7 Å². The second kappa shape index (κ2) is 7.17. The normalized spacial score (nSPS) is 11.0. The molecule has 0 unspecified atom stereocenters. The van der Waals surface area contributed by atoms with Crippen LogP contribution in [0.3, 0.4) is 0 Å². The maximum Gasteiger partial charge on any atom is 0.251 e. The molecule has 0 saturated carbocycles. The Bertz CT molecular complexity index is 475. The van der Waals surface area contributed by atoms with Crippen molar-refractivity contribution < 1.29 is 19.0 Å². The van der Waals surface area contributed by atoms with Crippen LogP contribution >= 0.6 is 0 Å². The van der Waals surface area contributed by atoms with Gasteiger partial charge in [-0.25, -0.2) is 0 Å². The van der Waals surface area contributed by atoms with E-state index in [1.807, 2.05) is 13.8 Å². The second-order valence-corrected chi connectivity index (χ2v) is 5.47. The standard InChI is InChI=1S/C15H24N2O4/c1-15(2,8-16)9-17-14(18)10-6-11(19-3)13(21-5)12(7-10)20-4/h6-7H,8-9,16H2,1-5H3,(H,17,18). The van der Waals surface area contributed by atoms with Crippen LogP contribution in [0.25, 0.3) is 0 Å². The molecule has 1 aromatic rings. The molecule has 0 aliphatic heterocycles. The van der Waals surface area contributed by atoms with E-state index in [9.17, 15) is 4.79 Å². The van der Waals surface area contributed by atoms with Crippen LogP contribution in [-0.4, -0.2) is 40.3 Å². The third kappa shape index (κ3) is 4.26. The largest absolute Gasteiger partial charge is 0.493 e. The highest BCUT2D eigenvalue weighted by Gasteiger charge is 2.20. The third-order valence-electron chi connectivity index (χ3n) is 3.21. The summed E-state index contributed by atoms with van der Waals surface area (Å²) in [6, 6.07) is 3.23. The molecule has 1 aromatic carbocycles. The van der Waals surface area contributed by atoms with Crippen LogP contribution in [0.1, 0.15) is 24.2 Å². The van der Waals surface area contributed by atoms with Crippen molar-refractivity contribution in [3.63, 3.8) is 0 Å². The fraction of sp³-hybridized carbons (Fsp3) is 0.533. The summed E-state index contributed by atoms with van der Waals surface area (Å²) < 4.78 is 15.7. The van der Waals surface area contributed by atoms with Crippen LogP contribution in [0, 0.1) is 5.41 Å². The number of benzene rings is 1. The van der Waals surface area contributed by atoms with Crippen molar-refractivity contribution in [2.45, 2.75) is 13.8 Å². The number of rotatable bonds is 7. The van der Waals surface area contributed by atoms with Gasteiger partial charge in [0, 0.05) is 12.1 Å². The van der Waals surface area contributed by atoms with Gasteiger partial charge < -0.3 is 25.3 Å². The van der Waals surface area contributed by atoms with E-state index >= 15 is 0 Å². The lowest BCUT2D eigenvalue weighted by Crippen LogP contribution is -2.38. The van der Waals surface area contributed by atoms with E-state index in [1.54, 1.807) is 12.1 Å². The molecule has 1 amide bonds. The predicted octanol–water partition coefficient (Wildman–Crippen LogP) is 1.43. The van der Waals surface area contributed by atoms with Crippen molar-refractivity contribution in [1.29, 1.82) is 0 Å². The first kappa shape index (κ1) is 17.1. The minimum atomic E-state index is -0.212. The zero-order chi connectivity index (χ0) is 16.0. The molecule has 0 aliphatic carbocycles. The Kier molecular flexibility index (Phi) is 5.84. The van der Waals surface area contributed by atoms with Gasteiger partial charge in [-0.05, 0) is 24.1 Å². The molecule has 6 nitrogen and oxygen atoms in total. The van der Waals surface area contributed by atoms with Gasteiger partial charge in [-0.2, -0.15) is 0 Å². The maximum atomic E-state index is 12.2. The van der Waals surface area contributed by atoms with E-state index in [2.05, 4.69) is 5.32 Å². The van der Waals surface area contributed by atoms with Gasteiger partial charge in [0.1, 0.15) is 0 Å². The number of methoxy groups -OCH3 is 3. The van der Waals surface area contributed by atoms with Crippen LogP contribution in [0.5, 0.6) is 17.2 Å². The molecule has 0 bridgehead atoms. The molecule has 0 fully saturated rings. The molecular formula is C15H24N2O4. The smallest absolute Gasteiger partial charge is 0.251 e. The van der Waals surface area contributed by atoms with Crippen LogP contribution in [0.2, 0.25) is 0 Å². The Balaban J connectivity index is 3.00. The van der Waals surface area contributed by atoms with Crippen LogP contribution in [0.4, 0.5) is 0 Å². The fourth-order valence-corrected chi connectivity index (χ4v) is 1.71. The Hall–Kier alpha value is -1.95. The molecule has 6 heteroatoms. The molecule has 3 N–H and O–H groups in total. The lowest BCUT2D eigenvalue weighted by atomic mass is 9.94. The number of nitrogens with one attached hydrogen (secondary N) is 1. The van der Waals surface area contributed by atoms with Crippen LogP contribution < -0.4 is 25.3 Å². The first-order valence-corrected chi connectivity index (χ1v) is 6.66. The molecule has 0 saturated heterocycles. The Labute approximate surface area is 125 Å². The number of hydrogen-bond acceptors (Lipinski definition) is 5. The van der Waals surface area contributed by atoms with Crippen LogP contribution in [0.15, 0.2) is 12.1 Å². The molecule has 118 valence electrons. The number of ether oxygens (including phenoxy) is 3. The summed E-state index contributed by atoms with van der Waals surface area (Å²) in [4.78, 5) is 12.2. The van der Waals surface area contributed by atoms with Gasteiger partial charge in [0.25, 0.3) is 5.91 Å². The summed E-state index contributed by atoms with van der Waals surface area (Å²) in [5.74, 6) is 1.13.